The third-order valence-electron chi connectivity index (χ3n) is 4.98. The fourth-order valence-electron chi connectivity index (χ4n) is 3.37. The lowest BCUT2D eigenvalue weighted by Crippen LogP contribution is -2.55. The van der Waals surface area contributed by atoms with Gasteiger partial charge in [-0.15, -0.1) is 0 Å². The van der Waals surface area contributed by atoms with Gasteiger partial charge in [-0.2, -0.15) is 0 Å². The van der Waals surface area contributed by atoms with E-state index >= 15 is 0 Å². The van der Waals surface area contributed by atoms with Gasteiger partial charge in [-0.25, -0.2) is 0 Å². The number of carbonyl (C=O) groups excluding carboxylic acids is 2. The molecule has 5 heteroatoms. The Kier molecular flexibility index (Phi) is 6.03. The molecule has 0 spiro atoms. The molecule has 2 fully saturated rings. The maximum atomic E-state index is 12.3. The van der Waals surface area contributed by atoms with E-state index in [-0.39, 0.29) is 17.9 Å². The molecular formula is C16H29N3O2. The minimum Gasteiger partial charge on any atom is -0.354 e. The highest BCUT2D eigenvalue weighted by molar-refractivity contribution is 5.81. The Morgan fingerprint density at radius 3 is 2.29 bits per heavy atom. The molecule has 1 aliphatic carbocycles. The second-order valence-electron chi connectivity index (χ2n) is 6.47. The van der Waals surface area contributed by atoms with E-state index in [1.54, 1.807) is 6.92 Å². The summed E-state index contributed by atoms with van der Waals surface area (Å²) in [6.45, 7) is 7.45. The Morgan fingerprint density at radius 2 is 1.71 bits per heavy atom. The number of hydrogen-bond donors (Lipinski definition) is 1. The molecule has 0 unspecified atom stereocenters. The number of carbonyl (C=O) groups is 2. The first-order valence-electron chi connectivity index (χ1n) is 8.35. The number of nitrogens with zero attached hydrogens (tertiary/aromatic N) is 2. The van der Waals surface area contributed by atoms with Gasteiger partial charge in [0.05, 0.1) is 6.04 Å². The van der Waals surface area contributed by atoms with E-state index in [0.29, 0.717) is 5.92 Å². The zero-order chi connectivity index (χ0) is 15.2. The molecule has 0 aromatic carbocycles. The summed E-state index contributed by atoms with van der Waals surface area (Å²) >= 11 is 0. The highest BCUT2D eigenvalue weighted by atomic mass is 16.2. The summed E-state index contributed by atoms with van der Waals surface area (Å²) < 4.78 is 0. The number of rotatable bonds is 4. The molecule has 1 saturated heterocycles. The molecule has 1 aliphatic heterocycles. The molecule has 2 rings (SSSR count). The third-order valence-corrected chi connectivity index (χ3v) is 4.98. The predicted molar refractivity (Wildman–Crippen MR) is 82.9 cm³/mol. The molecule has 0 bridgehead atoms. The van der Waals surface area contributed by atoms with Crippen LogP contribution in [0.1, 0.15) is 46.0 Å². The lowest BCUT2D eigenvalue weighted by molar-refractivity contribution is -0.132. The maximum Gasteiger partial charge on any atom is 0.237 e. The van der Waals surface area contributed by atoms with E-state index in [2.05, 4.69) is 10.2 Å². The van der Waals surface area contributed by atoms with Crippen LogP contribution in [0.25, 0.3) is 0 Å². The van der Waals surface area contributed by atoms with Crippen molar-refractivity contribution in [2.24, 2.45) is 5.92 Å². The summed E-state index contributed by atoms with van der Waals surface area (Å²) in [5.74, 6) is 0.936. The van der Waals surface area contributed by atoms with Crippen molar-refractivity contribution < 1.29 is 9.59 Å². The molecule has 1 atom stereocenters. The number of amides is 2. The molecule has 2 aliphatic rings. The Bertz CT molecular complexity index is 359. The molecule has 1 N–H and O–H groups in total. The second-order valence-corrected chi connectivity index (χ2v) is 6.47. The average molecular weight is 295 g/mol. The zero-order valence-electron chi connectivity index (χ0n) is 13.4. The van der Waals surface area contributed by atoms with Crippen LogP contribution in [-0.4, -0.2) is 60.4 Å². The molecule has 1 heterocycles. The molecular weight excluding hydrogens is 266 g/mol. The fraction of sp³-hybridized carbons (Fsp3) is 0.875. The monoisotopic (exact) mass is 295 g/mol. The quantitative estimate of drug-likeness (QED) is 0.849. The van der Waals surface area contributed by atoms with Crippen LogP contribution in [0.2, 0.25) is 0 Å². The second kappa shape index (κ2) is 7.78. The van der Waals surface area contributed by atoms with Crippen molar-refractivity contribution in [3.8, 4) is 0 Å². The first kappa shape index (κ1) is 16.3. The zero-order valence-corrected chi connectivity index (χ0v) is 13.4. The van der Waals surface area contributed by atoms with Crippen molar-refractivity contribution >= 4 is 11.8 Å². The van der Waals surface area contributed by atoms with Gasteiger partial charge in [0.25, 0.3) is 0 Å². The highest BCUT2D eigenvalue weighted by Crippen LogP contribution is 2.22. The summed E-state index contributed by atoms with van der Waals surface area (Å²) in [4.78, 5) is 27.6. The Morgan fingerprint density at radius 1 is 1.10 bits per heavy atom. The van der Waals surface area contributed by atoms with Gasteiger partial charge in [-0.3, -0.25) is 14.5 Å². The number of nitrogens with one attached hydrogen (secondary N) is 1. The molecule has 5 nitrogen and oxygen atoms in total. The summed E-state index contributed by atoms with van der Waals surface area (Å²) in [6.07, 6.45) is 6.48. The molecule has 0 aromatic heterocycles. The minimum atomic E-state index is -0.0947. The van der Waals surface area contributed by atoms with E-state index in [0.717, 1.165) is 32.7 Å². The van der Waals surface area contributed by atoms with Gasteiger partial charge in [0.15, 0.2) is 0 Å². The molecule has 1 saturated carbocycles. The Balaban J connectivity index is 1.71. The Hall–Kier alpha value is -1.10. The van der Waals surface area contributed by atoms with Crippen LogP contribution in [-0.2, 0) is 9.59 Å². The van der Waals surface area contributed by atoms with Crippen LogP contribution >= 0.6 is 0 Å². The number of piperazine rings is 1. The Labute approximate surface area is 128 Å². The molecule has 120 valence electrons. The van der Waals surface area contributed by atoms with E-state index in [9.17, 15) is 9.59 Å². The van der Waals surface area contributed by atoms with Gasteiger partial charge in [0.1, 0.15) is 0 Å². The van der Waals surface area contributed by atoms with Crippen LogP contribution < -0.4 is 5.32 Å². The topological polar surface area (TPSA) is 52.7 Å². The summed E-state index contributed by atoms with van der Waals surface area (Å²) in [5.41, 5.74) is 0. The van der Waals surface area contributed by atoms with Crippen molar-refractivity contribution in [1.82, 2.24) is 15.1 Å². The van der Waals surface area contributed by atoms with Crippen molar-refractivity contribution in [3.63, 3.8) is 0 Å². The lowest BCUT2D eigenvalue weighted by Gasteiger charge is -2.37. The van der Waals surface area contributed by atoms with Crippen LogP contribution in [0.3, 0.4) is 0 Å². The van der Waals surface area contributed by atoms with Crippen LogP contribution in [0.4, 0.5) is 0 Å². The molecule has 2 amide bonds. The van der Waals surface area contributed by atoms with Crippen molar-refractivity contribution in [2.45, 2.75) is 52.0 Å². The molecule has 0 aromatic rings. The first-order valence-corrected chi connectivity index (χ1v) is 8.35. The molecule has 21 heavy (non-hydrogen) atoms. The fourth-order valence-corrected chi connectivity index (χ4v) is 3.37. The van der Waals surface area contributed by atoms with E-state index < -0.39 is 0 Å². The van der Waals surface area contributed by atoms with Crippen molar-refractivity contribution in [1.29, 1.82) is 0 Å². The summed E-state index contributed by atoms with van der Waals surface area (Å²) in [7, 11) is 0. The van der Waals surface area contributed by atoms with Crippen molar-refractivity contribution in [2.75, 3.05) is 32.7 Å². The van der Waals surface area contributed by atoms with E-state index in [1.165, 1.54) is 32.1 Å². The van der Waals surface area contributed by atoms with Crippen LogP contribution in [0.5, 0.6) is 0 Å². The molecule has 0 radical (unpaired) electrons. The standard InChI is InChI=1S/C16H29N3O2/c1-13(18-8-10-19(11-9-18)14(2)20)16(21)17-12-15-6-4-3-5-7-15/h13,15H,3-12H2,1-2H3,(H,17,21)/t13-/m1/s1. The van der Waals surface area contributed by atoms with Gasteiger partial charge in [0.2, 0.25) is 11.8 Å². The van der Waals surface area contributed by atoms with E-state index in [4.69, 9.17) is 0 Å². The van der Waals surface area contributed by atoms with Crippen molar-refractivity contribution in [3.05, 3.63) is 0 Å². The van der Waals surface area contributed by atoms with Gasteiger partial charge in [0, 0.05) is 39.6 Å². The summed E-state index contributed by atoms with van der Waals surface area (Å²) in [6, 6.07) is -0.0947. The largest absolute Gasteiger partial charge is 0.354 e. The highest BCUT2D eigenvalue weighted by Gasteiger charge is 2.26. The third kappa shape index (κ3) is 4.70. The first-order chi connectivity index (χ1) is 10.1. The summed E-state index contributed by atoms with van der Waals surface area (Å²) in [5, 5.41) is 3.12. The smallest absolute Gasteiger partial charge is 0.237 e. The average Bonchev–Trinajstić information content (AvgIpc) is 2.53. The van der Waals surface area contributed by atoms with Gasteiger partial charge in [-0.05, 0) is 25.7 Å². The minimum absolute atomic E-state index is 0.0947. The normalized spacial score (nSPS) is 22.9. The van der Waals surface area contributed by atoms with Gasteiger partial charge >= 0.3 is 0 Å². The van der Waals surface area contributed by atoms with Crippen LogP contribution in [0, 0.1) is 5.92 Å². The predicted octanol–water partition coefficient (Wildman–Crippen LogP) is 1.24. The number of hydrogen-bond acceptors (Lipinski definition) is 3. The van der Waals surface area contributed by atoms with Crippen LogP contribution in [0.15, 0.2) is 0 Å². The van der Waals surface area contributed by atoms with Gasteiger partial charge in [-0.1, -0.05) is 19.3 Å². The lowest BCUT2D eigenvalue weighted by atomic mass is 9.89. The SMILES string of the molecule is CC(=O)N1CCN([C@H](C)C(=O)NCC2CCCCC2)CC1. The maximum absolute atomic E-state index is 12.3. The van der Waals surface area contributed by atoms with E-state index in [1.807, 2.05) is 11.8 Å². The van der Waals surface area contributed by atoms with Gasteiger partial charge < -0.3 is 10.2 Å².